The molecule has 0 aliphatic heterocycles. The van der Waals surface area contributed by atoms with Crippen molar-refractivity contribution in [3.63, 3.8) is 0 Å². The van der Waals surface area contributed by atoms with Crippen molar-refractivity contribution < 1.29 is 4.48 Å². The van der Waals surface area contributed by atoms with Crippen LogP contribution in [-0.2, 0) is 0 Å². The molecule has 0 amide bonds. The van der Waals surface area contributed by atoms with Gasteiger partial charge in [-0.05, 0) is 84.9 Å². The first-order valence-corrected chi connectivity index (χ1v) is 13.3. The first kappa shape index (κ1) is 23.7. The fraction of sp³-hybridized carbons (Fsp3) is 0. The maximum Gasteiger partial charge on any atom is 0.0827 e. The van der Waals surface area contributed by atoms with Crippen LogP contribution in [0, 0.1) is 0 Å². The lowest BCUT2D eigenvalue weighted by Gasteiger charge is -2.26. The third kappa shape index (κ3) is 4.16. The van der Waals surface area contributed by atoms with E-state index < -0.39 is 0 Å². The molecular formula is C36H26FN3. The molecule has 0 saturated heterocycles. The van der Waals surface area contributed by atoms with Gasteiger partial charge in [0.05, 0.1) is 11.0 Å². The van der Waals surface area contributed by atoms with Gasteiger partial charge in [0.25, 0.3) is 0 Å². The number of nitrogens with zero attached hydrogens (tertiary/aromatic N) is 3. The van der Waals surface area contributed by atoms with Crippen LogP contribution in [0.1, 0.15) is 0 Å². The highest BCUT2D eigenvalue weighted by atomic mass is 19.2. The van der Waals surface area contributed by atoms with Crippen LogP contribution in [0.5, 0.6) is 0 Å². The Balaban J connectivity index is 1.43. The summed E-state index contributed by atoms with van der Waals surface area (Å²) >= 11 is 0. The highest BCUT2D eigenvalue weighted by molar-refractivity contribution is 6.10. The molecule has 0 radical (unpaired) electrons. The summed E-state index contributed by atoms with van der Waals surface area (Å²) in [5.41, 5.74) is 7.17. The van der Waals surface area contributed by atoms with Gasteiger partial charge in [0, 0.05) is 44.9 Å². The molecule has 192 valence electrons. The van der Waals surface area contributed by atoms with Crippen LogP contribution < -0.4 is 9.80 Å². The Bertz CT molecular complexity index is 1680. The van der Waals surface area contributed by atoms with Crippen molar-refractivity contribution in [2.45, 2.75) is 0 Å². The SMILES string of the molecule is Fn1c2ccc(N(c3ccccc3)c3ccccc3)cc2c2cc(N(c3ccccc3)c3ccccc3)ccc21. The number of aromatic nitrogens is 1. The monoisotopic (exact) mass is 519 g/mol. The third-order valence-electron chi connectivity index (χ3n) is 7.25. The lowest BCUT2D eigenvalue weighted by molar-refractivity contribution is 0.405. The van der Waals surface area contributed by atoms with E-state index in [-0.39, 0.29) is 0 Å². The minimum atomic E-state index is 0.544. The number of fused-ring (bicyclic) bond motifs is 3. The van der Waals surface area contributed by atoms with E-state index in [1.165, 1.54) is 0 Å². The van der Waals surface area contributed by atoms with Gasteiger partial charge in [0.1, 0.15) is 0 Å². The molecule has 0 N–H and O–H groups in total. The Hall–Kier alpha value is -5.35. The number of anilines is 6. The lowest BCUT2D eigenvalue weighted by Crippen LogP contribution is -2.09. The summed E-state index contributed by atoms with van der Waals surface area (Å²) in [4.78, 5) is 5.19. The molecule has 7 rings (SSSR count). The fourth-order valence-corrected chi connectivity index (χ4v) is 5.43. The molecule has 1 heterocycles. The third-order valence-corrected chi connectivity index (χ3v) is 7.25. The number of hydrogen-bond acceptors (Lipinski definition) is 2. The zero-order valence-corrected chi connectivity index (χ0v) is 21.7. The van der Waals surface area contributed by atoms with Crippen molar-refractivity contribution in [1.29, 1.82) is 0 Å². The number of para-hydroxylation sites is 4. The van der Waals surface area contributed by atoms with Crippen molar-refractivity contribution >= 4 is 55.9 Å². The fourth-order valence-electron chi connectivity index (χ4n) is 5.43. The highest BCUT2D eigenvalue weighted by Gasteiger charge is 2.19. The smallest absolute Gasteiger partial charge is 0.0827 e. The van der Waals surface area contributed by atoms with Gasteiger partial charge in [0.2, 0.25) is 0 Å². The first-order valence-electron chi connectivity index (χ1n) is 13.3. The summed E-state index contributed by atoms with van der Waals surface area (Å²) in [6.45, 7) is 0. The summed E-state index contributed by atoms with van der Waals surface area (Å²) in [5.74, 6) is 0. The minimum absolute atomic E-state index is 0.544. The summed E-state index contributed by atoms with van der Waals surface area (Å²) < 4.78 is 15.7. The molecule has 4 heteroatoms. The minimum Gasteiger partial charge on any atom is -0.310 e. The normalized spacial score (nSPS) is 11.1. The van der Waals surface area contributed by atoms with Crippen molar-refractivity contribution in [3.05, 3.63) is 158 Å². The molecule has 40 heavy (non-hydrogen) atoms. The average Bonchev–Trinajstić information content (AvgIpc) is 3.30. The van der Waals surface area contributed by atoms with Crippen LogP contribution in [0.4, 0.5) is 38.6 Å². The van der Waals surface area contributed by atoms with Gasteiger partial charge in [-0.3, -0.25) is 0 Å². The van der Waals surface area contributed by atoms with Gasteiger partial charge in [-0.25, -0.2) is 0 Å². The molecule has 0 aliphatic rings. The Labute approximate surface area is 232 Å². The van der Waals surface area contributed by atoms with E-state index >= 15 is 4.48 Å². The van der Waals surface area contributed by atoms with E-state index in [1.807, 2.05) is 97.1 Å². The second-order valence-corrected chi connectivity index (χ2v) is 9.70. The van der Waals surface area contributed by atoms with E-state index in [9.17, 15) is 0 Å². The second kappa shape index (κ2) is 10.1. The molecule has 0 bridgehead atoms. The molecule has 7 aromatic rings. The average molecular weight is 520 g/mol. The maximum absolute atomic E-state index is 15.7. The number of hydrogen-bond donors (Lipinski definition) is 0. The summed E-state index contributed by atoms with van der Waals surface area (Å²) in [7, 11) is 0. The Morgan fingerprint density at radius 3 is 0.950 bits per heavy atom. The standard InChI is InChI=1S/C36H26FN3/c37-40-35-23-21-31(38(27-13-5-1-6-14-27)28-15-7-2-8-16-28)25-33(35)34-26-32(22-24-36(34)40)39(29-17-9-3-10-18-29)30-19-11-4-12-20-30/h1-26H. The Kier molecular flexibility index (Phi) is 5.98. The molecule has 3 nitrogen and oxygen atoms in total. The Morgan fingerprint density at radius 2 is 0.650 bits per heavy atom. The lowest BCUT2D eigenvalue weighted by atomic mass is 10.1. The van der Waals surface area contributed by atoms with Crippen molar-refractivity contribution in [2.24, 2.45) is 0 Å². The molecule has 1 aromatic heterocycles. The summed E-state index contributed by atoms with van der Waals surface area (Å²) in [6, 6.07) is 52.9. The predicted molar refractivity (Wildman–Crippen MR) is 165 cm³/mol. The first-order chi connectivity index (χ1) is 19.8. The predicted octanol–water partition coefficient (Wildman–Crippen LogP) is 10.5. The van der Waals surface area contributed by atoms with Crippen LogP contribution in [0.3, 0.4) is 0 Å². The highest BCUT2D eigenvalue weighted by Crippen LogP contribution is 2.41. The van der Waals surface area contributed by atoms with Crippen molar-refractivity contribution in [2.75, 3.05) is 9.80 Å². The van der Waals surface area contributed by atoms with Crippen molar-refractivity contribution in [3.8, 4) is 0 Å². The van der Waals surface area contributed by atoms with Crippen LogP contribution in [0.2, 0.25) is 0 Å². The molecule has 0 spiro atoms. The molecule has 0 saturated carbocycles. The van der Waals surface area contributed by atoms with Crippen LogP contribution in [0.15, 0.2) is 158 Å². The van der Waals surface area contributed by atoms with Gasteiger partial charge in [-0.15, -0.1) is 0 Å². The Morgan fingerprint density at radius 1 is 0.350 bits per heavy atom. The zero-order chi connectivity index (χ0) is 26.9. The van der Waals surface area contributed by atoms with E-state index in [1.54, 1.807) is 0 Å². The van der Waals surface area contributed by atoms with Gasteiger partial charge in [-0.2, -0.15) is 4.79 Å². The molecule has 6 aromatic carbocycles. The van der Waals surface area contributed by atoms with Crippen LogP contribution in [-0.4, -0.2) is 4.79 Å². The molecular weight excluding hydrogens is 493 g/mol. The molecule has 0 unspecified atom stereocenters. The number of benzene rings is 6. The number of rotatable bonds is 6. The maximum atomic E-state index is 15.7. The molecule has 0 aliphatic carbocycles. The van der Waals surface area contributed by atoms with E-state index in [2.05, 4.69) is 70.5 Å². The second-order valence-electron chi connectivity index (χ2n) is 9.70. The topological polar surface area (TPSA) is 11.4 Å². The summed E-state index contributed by atoms with van der Waals surface area (Å²) in [6.07, 6.45) is 0. The van der Waals surface area contributed by atoms with Crippen LogP contribution >= 0.6 is 0 Å². The number of halogens is 1. The largest absolute Gasteiger partial charge is 0.310 e. The van der Waals surface area contributed by atoms with Crippen LogP contribution in [0.25, 0.3) is 21.8 Å². The van der Waals surface area contributed by atoms with E-state index in [4.69, 9.17) is 0 Å². The summed E-state index contributed by atoms with van der Waals surface area (Å²) in [5, 5.41) is 1.71. The van der Waals surface area contributed by atoms with Gasteiger partial charge < -0.3 is 9.80 Å². The molecule has 0 atom stereocenters. The van der Waals surface area contributed by atoms with Crippen molar-refractivity contribution in [1.82, 2.24) is 4.79 Å². The zero-order valence-electron chi connectivity index (χ0n) is 21.7. The van der Waals surface area contributed by atoms with Gasteiger partial charge in [-0.1, -0.05) is 77.3 Å². The van der Waals surface area contributed by atoms with Gasteiger partial charge in [0.15, 0.2) is 0 Å². The quantitative estimate of drug-likeness (QED) is 0.216. The van der Waals surface area contributed by atoms with E-state index in [0.29, 0.717) is 11.0 Å². The van der Waals surface area contributed by atoms with E-state index in [0.717, 1.165) is 49.7 Å². The van der Waals surface area contributed by atoms with Gasteiger partial charge >= 0.3 is 0 Å². The molecule has 0 fully saturated rings.